The fourth-order valence-electron chi connectivity index (χ4n) is 2.52. The van der Waals surface area contributed by atoms with E-state index in [-0.39, 0.29) is 30.2 Å². The molecule has 0 aliphatic carbocycles. The number of amides is 1. The van der Waals surface area contributed by atoms with Gasteiger partial charge in [0.25, 0.3) is 5.56 Å². The summed E-state index contributed by atoms with van der Waals surface area (Å²) in [5.41, 5.74) is 1.22. The molecule has 142 valence electrons. The lowest BCUT2D eigenvalue weighted by atomic mass is 10.1. The molecule has 7 nitrogen and oxygen atoms in total. The fourth-order valence-corrected chi connectivity index (χ4v) is 2.52. The molecular formula is C20H22N2O5. The van der Waals surface area contributed by atoms with E-state index in [1.54, 1.807) is 44.3 Å². The number of Topliss-reactive ketones (excluding diaryl/α,β-unsaturated/α-hetero) is 1. The van der Waals surface area contributed by atoms with Gasteiger partial charge in [0.1, 0.15) is 17.9 Å². The third-order valence-electron chi connectivity index (χ3n) is 3.99. The van der Waals surface area contributed by atoms with Crippen LogP contribution in [0, 0.1) is 6.92 Å². The zero-order valence-corrected chi connectivity index (χ0v) is 15.5. The molecule has 1 aromatic heterocycles. The van der Waals surface area contributed by atoms with Crippen LogP contribution >= 0.6 is 0 Å². The number of aryl methyl sites for hydroxylation is 1. The SMILES string of the molecule is COCC(=O)Nc1cccc(/C=C/CC(=O)c2c(O)cc(C)n(C)c2=O)c1. The van der Waals surface area contributed by atoms with E-state index in [0.717, 1.165) is 5.56 Å². The van der Waals surface area contributed by atoms with Crippen molar-refractivity contribution < 1.29 is 19.4 Å². The number of hydrogen-bond acceptors (Lipinski definition) is 5. The number of nitrogens with zero attached hydrogens (tertiary/aromatic N) is 1. The van der Waals surface area contributed by atoms with Gasteiger partial charge in [0, 0.05) is 38.0 Å². The molecule has 27 heavy (non-hydrogen) atoms. The molecule has 1 heterocycles. The van der Waals surface area contributed by atoms with E-state index in [9.17, 15) is 19.5 Å². The number of pyridine rings is 1. The van der Waals surface area contributed by atoms with E-state index in [4.69, 9.17) is 4.74 Å². The van der Waals surface area contributed by atoms with Gasteiger partial charge >= 0.3 is 0 Å². The largest absolute Gasteiger partial charge is 0.507 e. The number of hydrogen-bond donors (Lipinski definition) is 2. The highest BCUT2D eigenvalue weighted by molar-refractivity contribution is 5.99. The van der Waals surface area contributed by atoms with Gasteiger partial charge in [0.15, 0.2) is 5.78 Å². The molecule has 0 saturated heterocycles. The van der Waals surface area contributed by atoms with Crippen molar-refractivity contribution in [2.24, 2.45) is 7.05 Å². The summed E-state index contributed by atoms with van der Waals surface area (Å²) < 4.78 is 6.09. The molecule has 0 unspecified atom stereocenters. The molecule has 1 aromatic carbocycles. The number of methoxy groups -OCH3 is 1. The van der Waals surface area contributed by atoms with Crippen LogP contribution in [-0.4, -0.2) is 35.1 Å². The molecule has 0 bridgehead atoms. The number of carbonyl (C=O) groups excluding carboxylic acids is 2. The standard InChI is InChI=1S/C20H22N2O5/c1-13-10-17(24)19(20(26)22(13)2)16(23)9-5-7-14-6-4-8-15(11-14)21-18(25)12-27-3/h4-8,10-11,24H,9,12H2,1-3H3,(H,21,25)/b7-5+. The number of aromatic nitrogens is 1. The molecule has 0 aliphatic heterocycles. The Balaban J connectivity index is 2.10. The normalized spacial score (nSPS) is 10.9. The Morgan fingerprint density at radius 3 is 2.74 bits per heavy atom. The van der Waals surface area contributed by atoms with E-state index in [0.29, 0.717) is 11.4 Å². The first-order valence-corrected chi connectivity index (χ1v) is 8.31. The van der Waals surface area contributed by atoms with Crippen LogP contribution < -0.4 is 10.9 Å². The number of allylic oxidation sites excluding steroid dienone is 1. The van der Waals surface area contributed by atoms with E-state index >= 15 is 0 Å². The average molecular weight is 370 g/mol. The predicted octanol–water partition coefficient (Wildman–Crippen LogP) is 2.27. The summed E-state index contributed by atoms with van der Waals surface area (Å²) in [6.07, 6.45) is 3.28. The van der Waals surface area contributed by atoms with Crippen molar-refractivity contribution in [3.8, 4) is 5.75 Å². The number of ether oxygens (including phenoxy) is 1. The van der Waals surface area contributed by atoms with E-state index in [1.807, 2.05) is 6.07 Å². The number of benzene rings is 1. The van der Waals surface area contributed by atoms with Crippen LogP contribution in [-0.2, 0) is 16.6 Å². The third-order valence-corrected chi connectivity index (χ3v) is 3.99. The van der Waals surface area contributed by atoms with Gasteiger partial charge in [0.05, 0.1) is 0 Å². The van der Waals surface area contributed by atoms with Crippen LogP contribution in [0.15, 0.2) is 41.2 Å². The van der Waals surface area contributed by atoms with Crippen LogP contribution in [0.5, 0.6) is 5.75 Å². The van der Waals surface area contributed by atoms with Gasteiger partial charge in [-0.25, -0.2) is 0 Å². The minimum Gasteiger partial charge on any atom is -0.507 e. The molecule has 2 aromatic rings. The second kappa shape index (κ2) is 8.95. The molecule has 0 fully saturated rings. The van der Waals surface area contributed by atoms with Crippen LogP contribution in [0.25, 0.3) is 6.08 Å². The van der Waals surface area contributed by atoms with E-state index in [1.165, 1.54) is 17.7 Å². The van der Waals surface area contributed by atoms with Gasteiger partial charge in [-0.15, -0.1) is 0 Å². The highest BCUT2D eigenvalue weighted by atomic mass is 16.5. The van der Waals surface area contributed by atoms with Gasteiger partial charge in [0.2, 0.25) is 5.91 Å². The summed E-state index contributed by atoms with van der Waals surface area (Å²) in [6.45, 7) is 1.64. The molecule has 0 radical (unpaired) electrons. The third kappa shape index (κ3) is 5.15. The summed E-state index contributed by atoms with van der Waals surface area (Å²) in [4.78, 5) is 36.1. The Labute approximate surface area is 156 Å². The summed E-state index contributed by atoms with van der Waals surface area (Å²) in [5, 5.41) is 12.6. The lowest BCUT2D eigenvalue weighted by molar-refractivity contribution is -0.119. The molecule has 1 amide bonds. The van der Waals surface area contributed by atoms with Gasteiger partial charge in [-0.1, -0.05) is 24.3 Å². The number of carbonyl (C=O) groups is 2. The Hall–Kier alpha value is -3.19. The van der Waals surface area contributed by atoms with Crippen molar-refractivity contribution in [1.29, 1.82) is 0 Å². The van der Waals surface area contributed by atoms with Crippen molar-refractivity contribution in [3.63, 3.8) is 0 Å². The first-order chi connectivity index (χ1) is 12.8. The van der Waals surface area contributed by atoms with E-state index in [2.05, 4.69) is 5.32 Å². The summed E-state index contributed by atoms with van der Waals surface area (Å²) in [7, 11) is 2.99. The molecular weight excluding hydrogens is 348 g/mol. The zero-order valence-electron chi connectivity index (χ0n) is 15.5. The zero-order chi connectivity index (χ0) is 20.0. The summed E-state index contributed by atoms with van der Waals surface area (Å²) in [5.74, 6) is -1.04. The van der Waals surface area contributed by atoms with Gasteiger partial charge in [-0.2, -0.15) is 0 Å². The Morgan fingerprint density at radius 1 is 1.30 bits per heavy atom. The maximum atomic E-state index is 12.3. The predicted molar refractivity (Wildman–Crippen MR) is 103 cm³/mol. The lowest BCUT2D eigenvalue weighted by Gasteiger charge is -2.08. The maximum Gasteiger partial charge on any atom is 0.265 e. The van der Waals surface area contributed by atoms with Crippen molar-refractivity contribution in [2.75, 3.05) is 19.0 Å². The highest BCUT2D eigenvalue weighted by Crippen LogP contribution is 2.17. The lowest BCUT2D eigenvalue weighted by Crippen LogP contribution is -2.25. The average Bonchev–Trinajstić information content (AvgIpc) is 2.60. The Kier molecular flexibility index (Phi) is 6.67. The van der Waals surface area contributed by atoms with Gasteiger partial charge in [-0.3, -0.25) is 14.4 Å². The fraction of sp³-hybridized carbons (Fsp3) is 0.250. The van der Waals surface area contributed by atoms with E-state index < -0.39 is 11.3 Å². The molecule has 7 heteroatoms. The second-order valence-corrected chi connectivity index (χ2v) is 6.05. The minimum atomic E-state index is -0.520. The molecule has 2 N–H and O–H groups in total. The van der Waals surface area contributed by atoms with Crippen molar-refractivity contribution in [1.82, 2.24) is 4.57 Å². The smallest absolute Gasteiger partial charge is 0.265 e. The van der Waals surface area contributed by atoms with Crippen LogP contribution in [0.2, 0.25) is 0 Å². The molecule has 0 saturated carbocycles. The van der Waals surface area contributed by atoms with Crippen LogP contribution in [0.3, 0.4) is 0 Å². The highest BCUT2D eigenvalue weighted by Gasteiger charge is 2.17. The maximum absolute atomic E-state index is 12.3. The monoisotopic (exact) mass is 370 g/mol. The molecule has 2 rings (SSSR count). The topological polar surface area (TPSA) is 97.6 Å². The quantitative estimate of drug-likeness (QED) is 0.729. The molecule has 0 spiro atoms. The minimum absolute atomic E-state index is 0.0356. The van der Waals surface area contributed by atoms with Crippen molar-refractivity contribution in [2.45, 2.75) is 13.3 Å². The van der Waals surface area contributed by atoms with Crippen molar-refractivity contribution in [3.05, 3.63) is 63.6 Å². The number of anilines is 1. The first-order valence-electron chi connectivity index (χ1n) is 8.31. The second-order valence-electron chi connectivity index (χ2n) is 6.05. The number of rotatable bonds is 7. The van der Waals surface area contributed by atoms with Gasteiger partial charge in [-0.05, 0) is 24.6 Å². The first kappa shape index (κ1) is 20.1. The number of aromatic hydroxyl groups is 1. The number of ketones is 1. The van der Waals surface area contributed by atoms with Crippen molar-refractivity contribution >= 4 is 23.5 Å². The summed E-state index contributed by atoms with van der Waals surface area (Å²) in [6, 6.07) is 8.46. The van der Waals surface area contributed by atoms with Gasteiger partial charge < -0.3 is 19.7 Å². The molecule has 0 atom stereocenters. The summed E-state index contributed by atoms with van der Waals surface area (Å²) >= 11 is 0. The Bertz CT molecular complexity index is 944. The Morgan fingerprint density at radius 2 is 2.04 bits per heavy atom. The molecule has 0 aliphatic rings. The van der Waals surface area contributed by atoms with Crippen LogP contribution in [0.1, 0.15) is 28.0 Å². The van der Waals surface area contributed by atoms with Crippen LogP contribution in [0.4, 0.5) is 5.69 Å². The number of nitrogens with one attached hydrogen (secondary N) is 1.